The number of piperidine rings is 1. The average Bonchev–Trinajstić information content (AvgIpc) is 2.62. The van der Waals surface area contributed by atoms with Gasteiger partial charge in [0.2, 0.25) is 0 Å². The highest BCUT2D eigenvalue weighted by Crippen LogP contribution is 2.26. The van der Waals surface area contributed by atoms with Gasteiger partial charge in [0, 0.05) is 26.3 Å². The van der Waals surface area contributed by atoms with Gasteiger partial charge in [-0.25, -0.2) is 9.37 Å². The van der Waals surface area contributed by atoms with Crippen LogP contribution in [0.1, 0.15) is 23.3 Å². The summed E-state index contributed by atoms with van der Waals surface area (Å²) in [4.78, 5) is 19.8. The summed E-state index contributed by atoms with van der Waals surface area (Å²) >= 11 is 0. The Morgan fingerprint density at radius 3 is 2.96 bits per heavy atom. The highest BCUT2D eigenvalue weighted by Gasteiger charge is 2.36. The lowest BCUT2D eigenvalue weighted by atomic mass is 9.92. The molecule has 0 aromatic carbocycles. The predicted octanol–water partition coefficient (Wildman–Crippen LogP) is 1.11. The molecule has 1 aliphatic heterocycles. The van der Waals surface area contributed by atoms with Gasteiger partial charge >= 0.3 is 0 Å². The Morgan fingerprint density at radius 1 is 1.44 bits per heavy atom. The molecule has 25 heavy (non-hydrogen) atoms. The number of carbonyl (C=O) groups is 1. The van der Waals surface area contributed by atoms with Crippen LogP contribution in [0, 0.1) is 5.82 Å². The zero-order valence-electron chi connectivity index (χ0n) is 14.0. The standard InChI is InChI=1S/C17H20FN5O2/c1-22(16(24)14-4-2-8-20-21-14)11-17(25)7-3-9-23(12-17)15-6-5-13(18)10-19-15/h2,4-6,8,10,25H,3,7,9,11-12H2,1H3. The molecular weight excluding hydrogens is 325 g/mol. The van der Waals surface area contributed by atoms with Gasteiger partial charge in [-0.3, -0.25) is 4.79 Å². The van der Waals surface area contributed by atoms with Gasteiger partial charge < -0.3 is 14.9 Å². The Hall–Kier alpha value is -2.61. The van der Waals surface area contributed by atoms with Crippen LogP contribution in [0.2, 0.25) is 0 Å². The van der Waals surface area contributed by atoms with Gasteiger partial charge in [-0.2, -0.15) is 5.10 Å². The lowest BCUT2D eigenvalue weighted by Crippen LogP contribution is -2.55. The second-order valence-electron chi connectivity index (χ2n) is 6.35. The highest BCUT2D eigenvalue weighted by molar-refractivity contribution is 5.91. The van der Waals surface area contributed by atoms with Gasteiger partial charge in [0.15, 0.2) is 5.69 Å². The molecule has 0 bridgehead atoms. The summed E-state index contributed by atoms with van der Waals surface area (Å²) < 4.78 is 13.0. The van der Waals surface area contributed by atoms with Gasteiger partial charge in [-0.1, -0.05) is 0 Å². The maximum atomic E-state index is 13.0. The van der Waals surface area contributed by atoms with E-state index in [0.717, 1.165) is 19.2 Å². The van der Waals surface area contributed by atoms with Crippen LogP contribution >= 0.6 is 0 Å². The van der Waals surface area contributed by atoms with Gasteiger partial charge in [0.05, 0.1) is 18.3 Å². The Bertz CT molecular complexity index is 728. The second-order valence-corrected chi connectivity index (χ2v) is 6.35. The summed E-state index contributed by atoms with van der Waals surface area (Å²) in [5, 5.41) is 18.5. The normalized spacial score (nSPS) is 20.4. The summed E-state index contributed by atoms with van der Waals surface area (Å²) in [5.74, 6) is -0.0775. The molecule has 132 valence electrons. The number of rotatable bonds is 4. The zero-order chi connectivity index (χ0) is 17.9. The minimum absolute atomic E-state index is 0.167. The third kappa shape index (κ3) is 4.08. The molecule has 1 fully saturated rings. The van der Waals surface area contributed by atoms with E-state index in [-0.39, 0.29) is 18.1 Å². The van der Waals surface area contributed by atoms with Crippen molar-refractivity contribution in [2.24, 2.45) is 0 Å². The number of nitrogens with zero attached hydrogens (tertiary/aromatic N) is 5. The maximum absolute atomic E-state index is 13.0. The van der Waals surface area contributed by atoms with Crippen LogP contribution in [0.3, 0.4) is 0 Å². The van der Waals surface area contributed by atoms with Crippen molar-refractivity contribution in [1.29, 1.82) is 0 Å². The van der Waals surface area contributed by atoms with E-state index in [1.807, 2.05) is 4.90 Å². The van der Waals surface area contributed by atoms with E-state index in [9.17, 15) is 14.3 Å². The third-order valence-corrected chi connectivity index (χ3v) is 4.26. The highest BCUT2D eigenvalue weighted by atomic mass is 19.1. The molecule has 1 unspecified atom stereocenters. The number of halogens is 1. The lowest BCUT2D eigenvalue weighted by Gasteiger charge is -2.41. The van der Waals surface area contributed by atoms with Crippen LogP contribution in [-0.4, -0.2) is 63.4 Å². The molecule has 1 saturated heterocycles. The van der Waals surface area contributed by atoms with Crippen molar-refractivity contribution in [2.45, 2.75) is 18.4 Å². The molecular formula is C17H20FN5O2. The van der Waals surface area contributed by atoms with Gasteiger partial charge in [-0.15, -0.1) is 5.10 Å². The number of carbonyl (C=O) groups excluding carboxylic acids is 1. The fourth-order valence-corrected chi connectivity index (χ4v) is 3.12. The van der Waals surface area contributed by atoms with Crippen molar-refractivity contribution in [2.75, 3.05) is 31.6 Å². The maximum Gasteiger partial charge on any atom is 0.274 e. The minimum Gasteiger partial charge on any atom is -0.386 e. The van der Waals surface area contributed by atoms with Crippen LogP contribution < -0.4 is 4.90 Å². The molecule has 7 nitrogen and oxygen atoms in total. The Kier molecular flexibility index (Phi) is 4.89. The van der Waals surface area contributed by atoms with Crippen LogP contribution in [0.5, 0.6) is 0 Å². The first-order valence-electron chi connectivity index (χ1n) is 8.09. The molecule has 1 N–H and O–H groups in total. The first-order valence-corrected chi connectivity index (χ1v) is 8.09. The molecule has 0 spiro atoms. The first-order chi connectivity index (χ1) is 12.0. The molecule has 1 amide bonds. The van der Waals surface area contributed by atoms with E-state index in [0.29, 0.717) is 18.8 Å². The molecule has 0 aliphatic carbocycles. The Balaban J connectivity index is 1.68. The van der Waals surface area contributed by atoms with Crippen molar-refractivity contribution < 1.29 is 14.3 Å². The number of aliphatic hydroxyl groups is 1. The average molecular weight is 345 g/mol. The quantitative estimate of drug-likeness (QED) is 0.894. The fraction of sp³-hybridized carbons (Fsp3) is 0.412. The largest absolute Gasteiger partial charge is 0.386 e. The van der Waals surface area contributed by atoms with Crippen molar-refractivity contribution in [3.63, 3.8) is 0 Å². The lowest BCUT2D eigenvalue weighted by molar-refractivity contribution is -0.000310. The fourth-order valence-electron chi connectivity index (χ4n) is 3.12. The van der Waals surface area contributed by atoms with E-state index in [1.54, 1.807) is 25.2 Å². The third-order valence-electron chi connectivity index (χ3n) is 4.26. The molecule has 3 rings (SSSR count). The summed E-state index contributed by atoms with van der Waals surface area (Å²) in [7, 11) is 1.63. The summed E-state index contributed by atoms with van der Waals surface area (Å²) in [6.07, 6.45) is 3.98. The number of aromatic nitrogens is 3. The van der Waals surface area contributed by atoms with Crippen LogP contribution in [0.25, 0.3) is 0 Å². The molecule has 8 heteroatoms. The molecule has 1 atom stereocenters. The molecule has 0 radical (unpaired) electrons. The smallest absolute Gasteiger partial charge is 0.274 e. The molecule has 2 aromatic heterocycles. The van der Waals surface area contributed by atoms with Gasteiger partial charge in [0.1, 0.15) is 11.6 Å². The van der Waals surface area contributed by atoms with Crippen molar-refractivity contribution >= 4 is 11.7 Å². The van der Waals surface area contributed by atoms with E-state index < -0.39 is 11.4 Å². The van der Waals surface area contributed by atoms with Gasteiger partial charge in [-0.05, 0) is 37.1 Å². The van der Waals surface area contributed by atoms with E-state index in [1.165, 1.54) is 17.2 Å². The summed E-state index contributed by atoms with van der Waals surface area (Å²) in [6.45, 7) is 1.21. The van der Waals surface area contributed by atoms with E-state index in [4.69, 9.17) is 0 Å². The topological polar surface area (TPSA) is 82.5 Å². The minimum atomic E-state index is -1.07. The van der Waals surface area contributed by atoms with E-state index >= 15 is 0 Å². The number of likely N-dealkylation sites (N-methyl/N-ethyl adjacent to an activating group) is 1. The molecule has 0 saturated carbocycles. The number of pyridine rings is 1. The SMILES string of the molecule is CN(CC1(O)CCCN(c2ccc(F)cn2)C1)C(=O)c1cccnn1. The number of hydrogen-bond acceptors (Lipinski definition) is 6. The summed E-state index contributed by atoms with van der Waals surface area (Å²) in [5.41, 5.74) is -0.831. The second kappa shape index (κ2) is 7.10. The number of β-amino-alcohol motifs (C(OH)–C–C–N with tert-alkyl or cyclic N) is 1. The van der Waals surface area contributed by atoms with Crippen LogP contribution in [-0.2, 0) is 0 Å². The monoisotopic (exact) mass is 345 g/mol. The van der Waals surface area contributed by atoms with Crippen molar-refractivity contribution in [3.8, 4) is 0 Å². The molecule has 3 heterocycles. The zero-order valence-corrected chi connectivity index (χ0v) is 14.0. The summed E-state index contributed by atoms with van der Waals surface area (Å²) in [6, 6.07) is 6.17. The number of amides is 1. The molecule has 2 aromatic rings. The Labute approximate surface area is 145 Å². The number of hydrogen-bond donors (Lipinski definition) is 1. The Morgan fingerprint density at radius 2 is 2.28 bits per heavy atom. The van der Waals surface area contributed by atoms with Crippen molar-refractivity contribution in [3.05, 3.63) is 48.2 Å². The van der Waals surface area contributed by atoms with Crippen LogP contribution in [0.15, 0.2) is 36.7 Å². The van der Waals surface area contributed by atoms with Crippen molar-refractivity contribution in [1.82, 2.24) is 20.1 Å². The first kappa shape index (κ1) is 17.2. The van der Waals surface area contributed by atoms with Gasteiger partial charge in [0.25, 0.3) is 5.91 Å². The number of anilines is 1. The predicted molar refractivity (Wildman–Crippen MR) is 89.6 cm³/mol. The van der Waals surface area contributed by atoms with Crippen LogP contribution in [0.4, 0.5) is 10.2 Å². The molecule has 1 aliphatic rings. The van der Waals surface area contributed by atoms with E-state index in [2.05, 4.69) is 15.2 Å².